The van der Waals surface area contributed by atoms with E-state index < -0.39 is 0 Å². The van der Waals surface area contributed by atoms with E-state index in [1.807, 2.05) is 40.9 Å². The van der Waals surface area contributed by atoms with Crippen molar-refractivity contribution >= 4 is 28.7 Å². The maximum absolute atomic E-state index is 12.7. The van der Waals surface area contributed by atoms with Crippen LogP contribution < -0.4 is 5.56 Å². The lowest BCUT2D eigenvalue weighted by Gasteiger charge is -2.34. The third-order valence-electron chi connectivity index (χ3n) is 4.24. The van der Waals surface area contributed by atoms with Gasteiger partial charge in [0.15, 0.2) is 0 Å². The number of para-hydroxylation sites is 2. The quantitative estimate of drug-likeness (QED) is 0.863. The van der Waals surface area contributed by atoms with Crippen molar-refractivity contribution in [2.45, 2.75) is 25.6 Å². The topological polar surface area (TPSA) is 55.2 Å². The van der Waals surface area contributed by atoms with Crippen LogP contribution in [-0.2, 0) is 11.3 Å². The monoisotopic (exact) mass is 331 g/mol. The molecule has 1 saturated heterocycles. The molecule has 6 heteroatoms. The molecular formula is C17H21N3O2S. The average Bonchev–Trinajstić information content (AvgIpc) is 2.57. The highest BCUT2D eigenvalue weighted by atomic mass is 32.2. The first kappa shape index (κ1) is 16.1. The molecule has 0 spiro atoms. The molecule has 1 amide bonds. The van der Waals surface area contributed by atoms with Gasteiger partial charge in [0.05, 0.1) is 17.2 Å². The van der Waals surface area contributed by atoms with Gasteiger partial charge in [-0.2, -0.15) is 11.8 Å². The summed E-state index contributed by atoms with van der Waals surface area (Å²) in [6.07, 6.45) is 1.29. The van der Waals surface area contributed by atoms with Crippen molar-refractivity contribution in [3.63, 3.8) is 0 Å². The molecule has 0 bridgehead atoms. The van der Waals surface area contributed by atoms with E-state index in [0.29, 0.717) is 16.7 Å². The molecule has 1 aliphatic rings. The Morgan fingerprint density at radius 1 is 1.39 bits per heavy atom. The van der Waals surface area contributed by atoms with E-state index >= 15 is 0 Å². The van der Waals surface area contributed by atoms with Crippen molar-refractivity contribution in [3.8, 4) is 0 Å². The van der Waals surface area contributed by atoms with E-state index in [4.69, 9.17) is 0 Å². The molecule has 2 heterocycles. The van der Waals surface area contributed by atoms with E-state index in [1.54, 1.807) is 0 Å². The van der Waals surface area contributed by atoms with Gasteiger partial charge in [-0.15, -0.1) is 0 Å². The molecule has 1 atom stereocenters. The van der Waals surface area contributed by atoms with E-state index in [1.165, 1.54) is 10.8 Å². The van der Waals surface area contributed by atoms with Crippen LogP contribution in [-0.4, -0.2) is 44.5 Å². The molecule has 1 unspecified atom stereocenters. The standard InChI is InChI=1S/C17H21N3O2S/c1-12(2)15-10-19(7-8-23-15)17(22)11-20-14-6-4-3-5-13(14)18-9-16(20)21/h3-6,9,12,15H,7-8,10-11H2,1-2H3. The van der Waals surface area contributed by atoms with Gasteiger partial charge in [0, 0.05) is 24.1 Å². The van der Waals surface area contributed by atoms with Crippen molar-refractivity contribution in [1.82, 2.24) is 14.5 Å². The molecule has 0 saturated carbocycles. The van der Waals surface area contributed by atoms with Crippen LogP contribution in [0.15, 0.2) is 35.3 Å². The van der Waals surface area contributed by atoms with Crippen LogP contribution in [0.1, 0.15) is 13.8 Å². The van der Waals surface area contributed by atoms with Crippen molar-refractivity contribution in [2.24, 2.45) is 5.92 Å². The lowest BCUT2D eigenvalue weighted by atomic mass is 10.1. The van der Waals surface area contributed by atoms with Gasteiger partial charge < -0.3 is 4.90 Å². The normalized spacial score (nSPS) is 18.6. The van der Waals surface area contributed by atoms with E-state index in [2.05, 4.69) is 18.8 Å². The number of fused-ring (bicyclic) bond motifs is 1. The number of carbonyl (C=O) groups is 1. The summed E-state index contributed by atoms with van der Waals surface area (Å²) in [4.78, 5) is 30.8. The Bertz CT molecular complexity index is 772. The zero-order chi connectivity index (χ0) is 16.4. The fraction of sp³-hybridized carbons (Fsp3) is 0.471. The summed E-state index contributed by atoms with van der Waals surface area (Å²) in [5.74, 6) is 1.51. The predicted octanol–water partition coefficient (Wildman–Crippen LogP) is 2.00. The summed E-state index contributed by atoms with van der Waals surface area (Å²) >= 11 is 1.93. The van der Waals surface area contributed by atoms with Crippen LogP contribution in [0.3, 0.4) is 0 Å². The molecule has 2 aromatic rings. The predicted molar refractivity (Wildman–Crippen MR) is 93.7 cm³/mol. The lowest BCUT2D eigenvalue weighted by Crippen LogP contribution is -2.45. The van der Waals surface area contributed by atoms with Crippen LogP contribution in [0.2, 0.25) is 0 Å². The molecule has 0 aliphatic carbocycles. The molecule has 5 nitrogen and oxygen atoms in total. The van der Waals surface area contributed by atoms with Crippen molar-refractivity contribution < 1.29 is 4.79 Å². The van der Waals surface area contributed by atoms with Gasteiger partial charge in [-0.25, -0.2) is 4.98 Å². The second-order valence-electron chi connectivity index (χ2n) is 6.16. The highest BCUT2D eigenvalue weighted by Crippen LogP contribution is 2.25. The Kier molecular flexibility index (Phi) is 4.71. The minimum atomic E-state index is -0.233. The van der Waals surface area contributed by atoms with Crippen LogP contribution >= 0.6 is 11.8 Å². The van der Waals surface area contributed by atoms with Crippen LogP contribution in [0.5, 0.6) is 0 Å². The molecule has 1 aromatic carbocycles. The van der Waals surface area contributed by atoms with Gasteiger partial charge in [0.2, 0.25) is 5.91 Å². The first-order valence-corrected chi connectivity index (χ1v) is 8.95. The van der Waals surface area contributed by atoms with E-state index in [-0.39, 0.29) is 18.0 Å². The van der Waals surface area contributed by atoms with Gasteiger partial charge in [-0.05, 0) is 18.1 Å². The van der Waals surface area contributed by atoms with E-state index in [0.717, 1.165) is 24.4 Å². The molecule has 0 N–H and O–H groups in total. The van der Waals surface area contributed by atoms with Gasteiger partial charge in [-0.3, -0.25) is 14.2 Å². The van der Waals surface area contributed by atoms with Crippen LogP contribution in [0.4, 0.5) is 0 Å². The minimum Gasteiger partial charge on any atom is -0.339 e. The molecule has 0 radical (unpaired) electrons. The number of amides is 1. The van der Waals surface area contributed by atoms with Gasteiger partial charge in [0.1, 0.15) is 6.54 Å². The minimum absolute atomic E-state index is 0.00871. The second-order valence-corrected chi connectivity index (χ2v) is 7.51. The number of thioether (sulfide) groups is 1. The first-order chi connectivity index (χ1) is 11.1. The second kappa shape index (κ2) is 6.74. The summed E-state index contributed by atoms with van der Waals surface area (Å²) < 4.78 is 1.52. The highest BCUT2D eigenvalue weighted by Gasteiger charge is 2.26. The SMILES string of the molecule is CC(C)C1CN(C(=O)Cn2c(=O)cnc3ccccc32)CCS1. The number of benzene rings is 1. The number of rotatable bonds is 3. The summed E-state index contributed by atoms with van der Waals surface area (Å²) in [6.45, 7) is 5.97. The maximum atomic E-state index is 12.7. The molecule has 23 heavy (non-hydrogen) atoms. The van der Waals surface area contributed by atoms with Crippen LogP contribution in [0, 0.1) is 5.92 Å². The molecule has 1 fully saturated rings. The molecule has 1 aromatic heterocycles. The third-order valence-corrected chi connectivity index (χ3v) is 5.78. The Balaban J connectivity index is 1.83. The Labute approximate surface area is 139 Å². The fourth-order valence-corrected chi connectivity index (χ4v) is 4.12. The molecule has 122 valence electrons. The van der Waals surface area contributed by atoms with Crippen molar-refractivity contribution in [3.05, 3.63) is 40.8 Å². The summed E-state index contributed by atoms with van der Waals surface area (Å²) in [6, 6.07) is 7.42. The number of hydrogen-bond donors (Lipinski definition) is 0. The van der Waals surface area contributed by atoms with Crippen molar-refractivity contribution in [1.29, 1.82) is 0 Å². The number of hydrogen-bond acceptors (Lipinski definition) is 4. The smallest absolute Gasteiger partial charge is 0.269 e. The number of carbonyl (C=O) groups excluding carboxylic acids is 1. The third kappa shape index (κ3) is 3.42. The zero-order valence-corrected chi connectivity index (χ0v) is 14.3. The lowest BCUT2D eigenvalue weighted by molar-refractivity contribution is -0.131. The number of nitrogens with zero attached hydrogens (tertiary/aromatic N) is 3. The molecule has 1 aliphatic heterocycles. The molecule has 3 rings (SSSR count). The largest absolute Gasteiger partial charge is 0.339 e. The summed E-state index contributed by atoms with van der Waals surface area (Å²) in [5.41, 5.74) is 1.21. The average molecular weight is 331 g/mol. The maximum Gasteiger partial charge on any atom is 0.269 e. The zero-order valence-electron chi connectivity index (χ0n) is 13.4. The van der Waals surface area contributed by atoms with Crippen molar-refractivity contribution in [2.75, 3.05) is 18.8 Å². The Hall–Kier alpha value is -1.82. The van der Waals surface area contributed by atoms with Gasteiger partial charge in [0.25, 0.3) is 5.56 Å². The Morgan fingerprint density at radius 2 is 2.17 bits per heavy atom. The number of aromatic nitrogens is 2. The van der Waals surface area contributed by atoms with E-state index in [9.17, 15) is 9.59 Å². The summed E-state index contributed by atoms with van der Waals surface area (Å²) in [7, 11) is 0. The Morgan fingerprint density at radius 3 is 2.96 bits per heavy atom. The summed E-state index contributed by atoms with van der Waals surface area (Å²) in [5, 5.41) is 0.471. The fourth-order valence-electron chi connectivity index (χ4n) is 2.82. The van der Waals surface area contributed by atoms with Crippen LogP contribution in [0.25, 0.3) is 11.0 Å². The van der Waals surface area contributed by atoms with Gasteiger partial charge >= 0.3 is 0 Å². The molecular weight excluding hydrogens is 310 g/mol. The highest BCUT2D eigenvalue weighted by molar-refractivity contribution is 8.00. The first-order valence-electron chi connectivity index (χ1n) is 7.90. The van der Waals surface area contributed by atoms with Gasteiger partial charge in [-0.1, -0.05) is 26.0 Å².